The van der Waals surface area contributed by atoms with Gasteiger partial charge in [-0.25, -0.2) is 0 Å². The van der Waals surface area contributed by atoms with E-state index in [0.29, 0.717) is 4.99 Å². The summed E-state index contributed by atoms with van der Waals surface area (Å²) in [4.78, 5) is 0.459. The number of benzene rings is 1. The van der Waals surface area contributed by atoms with E-state index < -0.39 is 0 Å². The van der Waals surface area contributed by atoms with Gasteiger partial charge in [-0.15, -0.1) is 0 Å². The minimum Gasteiger partial charge on any atom is -0.389 e. The van der Waals surface area contributed by atoms with Gasteiger partial charge in [0.2, 0.25) is 0 Å². The predicted octanol–water partition coefficient (Wildman–Crippen LogP) is 3.46. The fraction of sp³-hybridized carbons (Fsp3) is 0.500. The van der Waals surface area contributed by atoms with Crippen LogP contribution in [0.2, 0.25) is 0 Å². The molecule has 0 radical (unpaired) electrons. The van der Waals surface area contributed by atoms with Crippen LogP contribution in [0.25, 0.3) is 0 Å². The molecule has 0 bridgehead atoms. The van der Waals surface area contributed by atoms with Crippen molar-refractivity contribution in [2.45, 2.75) is 44.6 Å². The van der Waals surface area contributed by atoms with Crippen molar-refractivity contribution in [1.82, 2.24) is 0 Å². The summed E-state index contributed by atoms with van der Waals surface area (Å²) >= 11 is 4.95. The smallest absolute Gasteiger partial charge is 0.103 e. The maximum absolute atomic E-state index is 5.59. The Balaban J connectivity index is 2.05. The Labute approximate surface area is 109 Å². The number of nitrogens with two attached hydrogens (primary N) is 1. The molecule has 0 heterocycles. The minimum absolute atomic E-state index is 0.253. The summed E-state index contributed by atoms with van der Waals surface area (Å²) in [5.74, 6) is 0. The topological polar surface area (TPSA) is 38.0 Å². The normalized spacial score (nSPS) is 18.6. The van der Waals surface area contributed by atoms with E-state index in [9.17, 15) is 0 Å². The molecule has 0 unspecified atom stereocenters. The maximum atomic E-state index is 5.59. The number of rotatable bonds is 3. The summed E-state index contributed by atoms with van der Waals surface area (Å²) < 4.78 is 0. The Kier molecular flexibility index (Phi) is 3.67. The Morgan fingerprint density at radius 1 is 1.18 bits per heavy atom. The highest BCUT2D eigenvalue weighted by atomic mass is 32.1. The van der Waals surface area contributed by atoms with E-state index in [1.54, 1.807) is 0 Å². The average Bonchev–Trinajstić information content (AvgIpc) is 2.30. The molecule has 0 amide bonds. The van der Waals surface area contributed by atoms with Crippen LogP contribution in [0.5, 0.6) is 0 Å². The van der Waals surface area contributed by atoms with Gasteiger partial charge in [0.25, 0.3) is 0 Å². The maximum Gasteiger partial charge on any atom is 0.103 e. The van der Waals surface area contributed by atoms with E-state index >= 15 is 0 Å². The van der Waals surface area contributed by atoms with Crippen LogP contribution in [-0.4, -0.2) is 10.5 Å². The number of nitrogens with one attached hydrogen (secondary N) is 1. The molecule has 1 aliphatic carbocycles. The van der Waals surface area contributed by atoms with Gasteiger partial charge in [0.1, 0.15) is 4.99 Å². The van der Waals surface area contributed by atoms with Gasteiger partial charge in [-0.3, -0.25) is 0 Å². The van der Waals surface area contributed by atoms with Gasteiger partial charge < -0.3 is 11.1 Å². The second kappa shape index (κ2) is 5.05. The molecule has 1 aliphatic rings. The molecule has 3 N–H and O–H groups in total. The second-order valence-electron chi connectivity index (χ2n) is 5.19. The highest BCUT2D eigenvalue weighted by Gasteiger charge is 2.26. The minimum atomic E-state index is 0.253. The van der Waals surface area contributed by atoms with Gasteiger partial charge in [0.05, 0.1) is 0 Å². The molecule has 1 aromatic carbocycles. The molecule has 1 fully saturated rings. The molecular formula is C14H20N2S. The van der Waals surface area contributed by atoms with Crippen LogP contribution >= 0.6 is 12.2 Å². The van der Waals surface area contributed by atoms with Gasteiger partial charge in [-0.1, -0.05) is 31.5 Å². The predicted molar refractivity (Wildman–Crippen MR) is 77.4 cm³/mol. The third-order valence-electron chi connectivity index (χ3n) is 3.57. The van der Waals surface area contributed by atoms with Gasteiger partial charge in [-0.05, 0) is 44.0 Å². The second-order valence-corrected chi connectivity index (χ2v) is 5.63. The highest BCUT2D eigenvalue weighted by molar-refractivity contribution is 7.80. The lowest BCUT2D eigenvalue weighted by molar-refractivity contribution is 0.349. The molecule has 3 heteroatoms. The third kappa shape index (κ3) is 3.19. The number of thiocarbonyl (C=S) groups is 1. The molecule has 92 valence electrons. The molecule has 0 atom stereocenters. The fourth-order valence-corrected chi connectivity index (χ4v) is 2.66. The van der Waals surface area contributed by atoms with Crippen molar-refractivity contribution in [2.24, 2.45) is 5.73 Å². The molecule has 1 saturated carbocycles. The third-order valence-corrected chi connectivity index (χ3v) is 3.81. The van der Waals surface area contributed by atoms with Crippen LogP contribution < -0.4 is 11.1 Å². The Bertz CT molecular complexity index is 391. The quantitative estimate of drug-likeness (QED) is 0.805. The molecule has 2 rings (SSSR count). The molecule has 0 saturated heterocycles. The summed E-state index contributed by atoms with van der Waals surface area (Å²) in [5, 5.41) is 3.64. The number of hydrogen-bond acceptors (Lipinski definition) is 2. The first kappa shape index (κ1) is 12.4. The standard InChI is InChI=1S/C14H20N2S/c1-14(9-3-2-4-10-14)16-12-7-5-11(6-8-12)13(15)17/h5-8,16H,2-4,9-10H2,1H3,(H2,15,17). The molecule has 1 aromatic rings. The van der Waals surface area contributed by atoms with Crippen molar-refractivity contribution in [3.8, 4) is 0 Å². The molecule has 0 aliphatic heterocycles. The zero-order valence-corrected chi connectivity index (χ0v) is 11.1. The van der Waals surface area contributed by atoms with Crippen molar-refractivity contribution in [3.05, 3.63) is 29.8 Å². The van der Waals surface area contributed by atoms with Gasteiger partial charge in [-0.2, -0.15) is 0 Å². The zero-order chi connectivity index (χ0) is 12.3. The summed E-state index contributed by atoms with van der Waals surface area (Å²) in [6.07, 6.45) is 6.54. The number of anilines is 1. The zero-order valence-electron chi connectivity index (χ0n) is 10.3. The van der Waals surface area contributed by atoms with Gasteiger partial charge in [0, 0.05) is 16.8 Å². The van der Waals surface area contributed by atoms with Crippen molar-refractivity contribution in [3.63, 3.8) is 0 Å². The summed E-state index contributed by atoms with van der Waals surface area (Å²) in [7, 11) is 0. The lowest BCUT2D eigenvalue weighted by Gasteiger charge is -2.35. The first-order chi connectivity index (χ1) is 8.09. The lowest BCUT2D eigenvalue weighted by Crippen LogP contribution is -2.36. The average molecular weight is 248 g/mol. The van der Waals surface area contributed by atoms with E-state index in [1.165, 1.54) is 32.1 Å². The SMILES string of the molecule is CC1(Nc2ccc(C(N)=S)cc2)CCCCC1. The fourth-order valence-electron chi connectivity index (χ4n) is 2.52. The van der Waals surface area contributed by atoms with Crippen LogP contribution in [0, 0.1) is 0 Å². The van der Waals surface area contributed by atoms with Crippen molar-refractivity contribution < 1.29 is 0 Å². The number of hydrogen-bond donors (Lipinski definition) is 2. The van der Waals surface area contributed by atoms with Gasteiger partial charge in [0.15, 0.2) is 0 Å². The molecule has 2 nitrogen and oxygen atoms in total. The monoisotopic (exact) mass is 248 g/mol. The van der Waals surface area contributed by atoms with Crippen molar-refractivity contribution in [2.75, 3.05) is 5.32 Å². The van der Waals surface area contributed by atoms with E-state index in [4.69, 9.17) is 18.0 Å². The highest BCUT2D eigenvalue weighted by Crippen LogP contribution is 2.31. The lowest BCUT2D eigenvalue weighted by atomic mass is 9.83. The van der Waals surface area contributed by atoms with Crippen LogP contribution in [0.15, 0.2) is 24.3 Å². The Morgan fingerprint density at radius 3 is 2.29 bits per heavy atom. The van der Waals surface area contributed by atoms with E-state index in [-0.39, 0.29) is 5.54 Å². The van der Waals surface area contributed by atoms with Crippen LogP contribution in [0.4, 0.5) is 5.69 Å². The van der Waals surface area contributed by atoms with E-state index in [0.717, 1.165) is 11.3 Å². The van der Waals surface area contributed by atoms with Crippen LogP contribution in [0.3, 0.4) is 0 Å². The first-order valence-electron chi connectivity index (χ1n) is 6.27. The summed E-state index contributed by atoms with van der Waals surface area (Å²) in [6.45, 7) is 2.31. The van der Waals surface area contributed by atoms with Crippen LogP contribution in [0.1, 0.15) is 44.6 Å². The first-order valence-corrected chi connectivity index (χ1v) is 6.68. The molecular weight excluding hydrogens is 228 g/mol. The van der Waals surface area contributed by atoms with Crippen LogP contribution in [-0.2, 0) is 0 Å². The van der Waals surface area contributed by atoms with Crippen molar-refractivity contribution in [1.29, 1.82) is 0 Å². The van der Waals surface area contributed by atoms with Crippen molar-refractivity contribution >= 4 is 22.9 Å². The Morgan fingerprint density at radius 2 is 1.76 bits per heavy atom. The largest absolute Gasteiger partial charge is 0.389 e. The summed E-state index contributed by atoms with van der Waals surface area (Å²) in [5.41, 5.74) is 7.93. The molecule has 0 spiro atoms. The summed E-state index contributed by atoms with van der Waals surface area (Å²) in [6, 6.07) is 8.09. The van der Waals surface area contributed by atoms with E-state index in [1.807, 2.05) is 12.1 Å². The van der Waals surface area contributed by atoms with Gasteiger partial charge >= 0.3 is 0 Å². The Hall–Kier alpha value is -1.09. The van der Waals surface area contributed by atoms with E-state index in [2.05, 4.69) is 24.4 Å². The molecule has 17 heavy (non-hydrogen) atoms. The molecule has 0 aromatic heterocycles.